The van der Waals surface area contributed by atoms with Crippen LogP contribution in [0.25, 0.3) is 0 Å². The van der Waals surface area contributed by atoms with Crippen molar-refractivity contribution in [1.82, 2.24) is 0 Å². The Morgan fingerprint density at radius 2 is 1.73 bits per heavy atom. The molecule has 0 amide bonds. The summed E-state index contributed by atoms with van der Waals surface area (Å²) in [5.41, 5.74) is 0.532. The summed E-state index contributed by atoms with van der Waals surface area (Å²) >= 11 is 0. The summed E-state index contributed by atoms with van der Waals surface area (Å²) in [6, 6.07) is 0. The van der Waals surface area contributed by atoms with Gasteiger partial charge in [-0.25, -0.2) is 0 Å². The van der Waals surface area contributed by atoms with Gasteiger partial charge in [0.15, 0.2) is 0 Å². The van der Waals surface area contributed by atoms with Gasteiger partial charge in [0.2, 0.25) is 0 Å². The van der Waals surface area contributed by atoms with Gasteiger partial charge in [0.25, 0.3) is 0 Å². The maximum atomic E-state index is 5.95. The Bertz CT molecular complexity index is 165. The van der Waals surface area contributed by atoms with Crippen LogP contribution in [0.3, 0.4) is 0 Å². The van der Waals surface area contributed by atoms with Gasteiger partial charge in [-0.2, -0.15) is 0 Å². The van der Waals surface area contributed by atoms with Gasteiger partial charge in [-0.1, -0.05) is 26.2 Å². The molecule has 4 heteroatoms. The van der Waals surface area contributed by atoms with Crippen LogP contribution in [0.4, 0.5) is 0 Å². The predicted octanol–water partition coefficient (Wildman–Crippen LogP) is 2.98. The third-order valence-electron chi connectivity index (χ3n) is 3.23. The first-order chi connectivity index (χ1) is 7.29. The molecule has 0 aromatic heterocycles. The fourth-order valence-corrected chi connectivity index (χ4v) is 5.14. The first kappa shape index (κ1) is 13.2. The van der Waals surface area contributed by atoms with Crippen LogP contribution in [0.1, 0.15) is 45.4 Å². The number of hydrogen-bond donors (Lipinski definition) is 0. The van der Waals surface area contributed by atoms with E-state index >= 15 is 0 Å². The van der Waals surface area contributed by atoms with Crippen LogP contribution < -0.4 is 0 Å². The fourth-order valence-electron chi connectivity index (χ4n) is 2.29. The highest BCUT2D eigenvalue weighted by Gasteiger charge is 2.48. The molecule has 0 radical (unpaired) electrons. The van der Waals surface area contributed by atoms with Crippen LogP contribution >= 0.6 is 0 Å². The van der Waals surface area contributed by atoms with E-state index in [0.717, 1.165) is 19.4 Å². The Hall–Kier alpha value is 0.0969. The Labute approximate surface area is 94.5 Å². The summed E-state index contributed by atoms with van der Waals surface area (Å²) in [6.45, 7) is 2.95. The molecule has 0 N–H and O–H groups in total. The molecule has 0 spiro atoms. The van der Waals surface area contributed by atoms with Gasteiger partial charge >= 0.3 is 8.80 Å². The molecule has 0 saturated heterocycles. The van der Waals surface area contributed by atoms with Crippen molar-refractivity contribution >= 4 is 8.80 Å². The summed E-state index contributed by atoms with van der Waals surface area (Å²) in [6.07, 6.45) is 7.25. The van der Waals surface area contributed by atoms with E-state index in [1.807, 2.05) is 0 Å². The van der Waals surface area contributed by atoms with E-state index in [2.05, 4.69) is 6.92 Å². The van der Waals surface area contributed by atoms with E-state index in [4.69, 9.17) is 13.3 Å². The molecule has 0 heterocycles. The molecule has 0 bridgehead atoms. The van der Waals surface area contributed by atoms with Gasteiger partial charge in [-0.15, -0.1) is 0 Å². The molecule has 1 saturated carbocycles. The first-order valence-electron chi connectivity index (χ1n) is 6.03. The standard InChI is InChI=1S/C11H24O3Si/c1-4-5-10-14-15(12-2,13-3)11-8-6-7-9-11/h11H,4-10H2,1-3H3. The first-order valence-corrected chi connectivity index (χ1v) is 7.83. The molecule has 1 fully saturated rings. The van der Waals surface area contributed by atoms with Crippen LogP contribution in [0.5, 0.6) is 0 Å². The normalized spacial score (nSPS) is 18.6. The topological polar surface area (TPSA) is 27.7 Å². The second-order valence-corrected chi connectivity index (χ2v) is 7.32. The lowest BCUT2D eigenvalue weighted by atomic mass is 10.4. The highest BCUT2D eigenvalue weighted by molar-refractivity contribution is 6.62. The van der Waals surface area contributed by atoms with Crippen molar-refractivity contribution in [3.63, 3.8) is 0 Å². The maximum Gasteiger partial charge on any atom is 0.503 e. The Morgan fingerprint density at radius 3 is 2.20 bits per heavy atom. The van der Waals surface area contributed by atoms with E-state index in [-0.39, 0.29) is 0 Å². The highest BCUT2D eigenvalue weighted by atomic mass is 28.4. The zero-order chi connectivity index (χ0) is 11.1. The summed E-state index contributed by atoms with van der Waals surface area (Å²) < 4.78 is 17.2. The van der Waals surface area contributed by atoms with Crippen molar-refractivity contribution in [2.75, 3.05) is 20.8 Å². The Balaban J connectivity index is 2.50. The van der Waals surface area contributed by atoms with Gasteiger partial charge in [0.05, 0.1) is 0 Å². The summed E-state index contributed by atoms with van der Waals surface area (Å²) in [5, 5.41) is 0. The smallest absolute Gasteiger partial charge is 0.377 e. The summed E-state index contributed by atoms with van der Waals surface area (Å²) in [5.74, 6) is 0. The molecule has 1 aliphatic carbocycles. The summed E-state index contributed by atoms with van der Waals surface area (Å²) in [7, 11) is 1.12. The molecule has 0 aromatic rings. The van der Waals surface area contributed by atoms with Gasteiger partial charge in [0.1, 0.15) is 0 Å². The van der Waals surface area contributed by atoms with Crippen molar-refractivity contribution in [3.8, 4) is 0 Å². The van der Waals surface area contributed by atoms with Crippen molar-refractivity contribution in [1.29, 1.82) is 0 Å². The minimum absolute atomic E-state index is 0.532. The molecule has 0 aromatic carbocycles. The van der Waals surface area contributed by atoms with Crippen LogP contribution in [-0.4, -0.2) is 29.6 Å². The molecule has 1 aliphatic rings. The average molecular weight is 232 g/mol. The van der Waals surface area contributed by atoms with E-state index in [9.17, 15) is 0 Å². The lowest BCUT2D eigenvalue weighted by molar-refractivity contribution is 0.0861. The number of rotatable bonds is 7. The molecule has 15 heavy (non-hydrogen) atoms. The fraction of sp³-hybridized carbons (Fsp3) is 1.00. The molecule has 0 atom stereocenters. The van der Waals surface area contributed by atoms with Crippen LogP contribution in [0, 0.1) is 0 Å². The predicted molar refractivity (Wildman–Crippen MR) is 62.9 cm³/mol. The molecular weight excluding hydrogens is 208 g/mol. The second kappa shape index (κ2) is 6.63. The van der Waals surface area contributed by atoms with Crippen molar-refractivity contribution in [2.24, 2.45) is 0 Å². The number of hydrogen-bond acceptors (Lipinski definition) is 3. The van der Waals surface area contributed by atoms with Gasteiger partial charge < -0.3 is 13.3 Å². The van der Waals surface area contributed by atoms with E-state index in [0.29, 0.717) is 5.54 Å². The third-order valence-corrected chi connectivity index (χ3v) is 6.55. The molecule has 90 valence electrons. The van der Waals surface area contributed by atoms with Crippen molar-refractivity contribution in [3.05, 3.63) is 0 Å². The number of unbranched alkanes of at least 4 members (excludes halogenated alkanes) is 1. The van der Waals surface area contributed by atoms with Crippen molar-refractivity contribution in [2.45, 2.75) is 51.0 Å². The van der Waals surface area contributed by atoms with Gasteiger partial charge in [0, 0.05) is 26.4 Å². The van der Waals surface area contributed by atoms with E-state index in [1.54, 1.807) is 14.2 Å². The largest absolute Gasteiger partial charge is 0.503 e. The quantitative estimate of drug-likeness (QED) is 0.499. The second-order valence-electron chi connectivity index (χ2n) is 4.20. The Morgan fingerprint density at radius 1 is 1.13 bits per heavy atom. The Kier molecular flexibility index (Phi) is 5.82. The maximum absolute atomic E-state index is 5.95. The van der Waals surface area contributed by atoms with E-state index < -0.39 is 8.80 Å². The summed E-state index contributed by atoms with van der Waals surface area (Å²) in [4.78, 5) is 0. The van der Waals surface area contributed by atoms with E-state index in [1.165, 1.54) is 25.7 Å². The SMILES string of the molecule is CCCCO[Si](OC)(OC)C1CCCC1. The average Bonchev–Trinajstić information content (AvgIpc) is 2.79. The zero-order valence-corrected chi connectivity index (χ0v) is 11.3. The molecular formula is C11H24O3Si. The monoisotopic (exact) mass is 232 g/mol. The van der Waals surface area contributed by atoms with Gasteiger partial charge in [-0.3, -0.25) is 0 Å². The molecule has 1 rings (SSSR count). The lowest BCUT2D eigenvalue weighted by Gasteiger charge is -2.31. The van der Waals surface area contributed by atoms with Gasteiger partial charge in [-0.05, 0) is 19.3 Å². The highest BCUT2D eigenvalue weighted by Crippen LogP contribution is 2.39. The lowest BCUT2D eigenvalue weighted by Crippen LogP contribution is -2.48. The minimum Gasteiger partial charge on any atom is -0.377 e. The van der Waals surface area contributed by atoms with Crippen LogP contribution in [0.15, 0.2) is 0 Å². The zero-order valence-electron chi connectivity index (χ0n) is 10.3. The molecule has 3 nitrogen and oxygen atoms in total. The third kappa shape index (κ3) is 3.28. The molecule has 0 unspecified atom stereocenters. The van der Waals surface area contributed by atoms with Crippen molar-refractivity contribution < 1.29 is 13.3 Å². The van der Waals surface area contributed by atoms with Crippen LogP contribution in [-0.2, 0) is 13.3 Å². The van der Waals surface area contributed by atoms with Crippen LogP contribution in [0.2, 0.25) is 5.54 Å². The molecule has 0 aliphatic heterocycles. The minimum atomic E-state index is -2.35.